The monoisotopic (exact) mass is 300 g/mol. The van der Waals surface area contributed by atoms with E-state index in [1.165, 1.54) is 12.1 Å². The number of hydrogen-bond donors (Lipinski definition) is 1. The summed E-state index contributed by atoms with van der Waals surface area (Å²) in [7, 11) is 0. The molecule has 0 fully saturated rings. The SMILES string of the molecule is Cc1nc(C)c(C(=O)Nc2ccc(OC(F)(F)F)cc2)o1. The van der Waals surface area contributed by atoms with Gasteiger partial charge in [0.2, 0.25) is 5.76 Å². The second kappa shape index (κ2) is 5.47. The van der Waals surface area contributed by atoms with E-state index in [2.05, 4.69) is 15.0 Å². The Labute approximate surface area is 117 Å². The maximum Gasteiger partial charge on any atom is 0.573 e. The first-order chi connectivity index (χ1) is 9.74. The molecule has 1 N–H and O–H groups in total. The zero-order valence-corrected chi connectivity index (χ0v) is 11.1. The van der Waals surface area contributed by atoms with Crippen LogP contribution in [0.4, 0.5) is 18.9 Å². The van der Waals surface area contributed by atoms with Crippen LogP contribution in [0.3, 0.4) is 0 Å². The van der Waals surface area contributed by atoms with E-state index in [-0.39, 0.29) is 11.5 Å². The molecular formula is C13H11F3N2O3. The molecule has 0 aliphatic rings. The van der Waals surface area contributed by atoms with E-state index >= 15 is 0 Å². The summed E-state index contributed by atoms with van der Waals surface area (Å²) in [4.78, 5) is 15.9. The van der Waals surface area contributed by atoms with E-state index < -0.39 is 12.3 Å². The van der Waals surface area contributed by atoms with Crippen LogP contribution >= 0.6 is 0 Å². The number of anilines is 1. The lowest BCUT2D eigenvalue weighted by Gasteiger charge is -2.09. The van der Waals surface area contributed by atoms with Crippen molar-refractivity contribution in [3.63, 3.8) is 0 Å². The summed E-state index contributed by atoms with van der Waals surface area (Å²) in [5, 5.41) is 2.49. The van der Waals surface area contributed by atoms with Crippen molar-refractivity contribution in [1.82, 2.24) is 4.98 Å². The number of rotatable bonds is 3. The lowest BCUT2D eigenvalue weighted by molar-refractivity contribution is -0.274. The fourth-order valence-electron chi connectivity index (χ4n) is 1.67. The molecule has 2 aromatic rings. The molecule has 0 bridgehead atoms. The normalized spacial score (nSPS) is 11.3. The fourth-order valence-corrected chi connectivity index (χ4v) is 1.67. The molecule has 2 rings (SSSR count). The lowest BCUT2D eigenvalue weighted by Crippen LogP contribution is -2.17. The van der Waals surface area contributed by atoms with Crippen LogP contribution in [0.15, 0.2) is 28.7 Å². The van der Waals surface area contributed by atoms with Gasteiger partial charge in [-0.3, -0.25) is 4.79 Å². The topological polar surface area (TPSA) is 64.4 Å². The number of alkyl halides is 3. The third-order valence-electron chi connectivity index (χ3n) is 2.46. The van der Waals surface area contributed by atoms with Crippen LogP contribution in [0.1, 0.15) is 22.1 Å². The molecule has 21 heavy (non-hydrogen) atoms. The summed E-state index contributed by atoms with van der Waals surface area (Å²) in [6.45, 7) is 3.22. The molecule has 0 radical (unpaired) electrons. The maximum atomic E-state index is 12.0. The molecule has 8 heteroatoms. The molecular weight excluding hydrogens is 289 g/mol. The van der Waals surface area contributed by atoms with Crippen molar-refractivity contribution in [3.8, 4) is 5.75 Å². The number of carbonyl (C=O) groups excluding carboxylic acids is 1. The van der Waals surface area contributed by atoms with Crippen LogP contribution in [-0.4, -0.2) is 17.3 Å². The fraction of sp³-hybridized carbons (Fsp3) is 0.231. The number of halogens is 3. The van der Waals surface area contributed by atoms with Crippen molar-refractivity contribution >= 4 is 11.6 Å². The van der Waals surface area contributed by atoms with Gasteiger partial charge in [-0.25, -0.2) is 4.98 Å². The van der Waals surface area contributed by atoms with E-state index in [0.717, 1.165) is 12.1 Å². The number of oxazole rings is 1. The van der Waals surface area contributed by atoms with Crippen LogP contribution in [0.2, 0.25) is 0 Å². The molecule has 0 unspecified atom stereocenters. The minimum absolute atomic E-state index is 0.0584. The summed E-state index contributed by atoms with van der Waals surface area (Å²) in [5.74, 6) is -0.487. The third kappa shape index (κ3) is 3.98. The summed E-state index contributed by atoms with van der Waals surface area (Å²) in [6, 6.07) is 4.78. The van der Waals surface area contributed by atoms with Crippen LogP contribution in [-0.2, 0) is 0 Å². The largest absolute Gasteiger partial charge is 0.573 e. The predicted molar refractivity (Wildman–Crippen MR) is 67.1 cm³/mol. The number of nitrogens with one attached hydrogen (secondary N) is 1. The third-order valence-corrected chi connectivity index (χ3v) is 2.46. The average Bonchev–Trinajstić information content (AvgIpc) is 2.69. The number of carbonyl (C=O) groups is 1. The van der Waals surface area contributed by atoms with E-state index in [9.17, 15) is 18.0 Å². The van der Waals surface area contributed by atoms with E-state index in [4.69, 9.17) is 4.42 Å². The second-order valence-corrected chi connectivity index (χ2v) is 4.17. The summed E-state index contributed by atoms with van der Waals surface area (Å²) in [6.07, 6.45) is -4.75. The molecule has 0 spiro atoms. The molecule has 1 amide bonds. The first kappa shape index (κ1) is 14.9. The van der Waals surface area contributed by atoms with Gasteiger partial charge in [-0.2, -0.15) is 0 Å². The highest BCUT2D eigenvalue weighted by atomic mass is 19.4. The van der Waals surface area contributed by atoms with Crippen LogP contribution in [0, 0.1) is 13.8 Å². The number of amides is 1. The van der Waals surface area contributed by atoms with E-state index in [0.29, 0.717) is 17.3 Å². The molecule has 0 aliphatic heterocycles. The number of nitrogens with zero attached hydrogens (tertiary/aromatic N) is 1. The maximum absolute atomic E-state index is 12.0. The number of benzene rings is 1. The van der Waals surface area contributed by atoms with E-state index in [1.54, 1.807) is 13.8 Å². The average molecular weight is 300 g/mol. The Balaban J connectivity index is 2.07. The van der Waals surface area contributed by atoms with Crippen LogP contribution < -0.4 is 10.1 Å². The zero-order valence-electron chi connectivity index (χ0n) is 11.1. The van der Waals surface area contributed by atoms with Crippen molar-refractivity contribution in [1.29, 1.82) is 0 Å². The lowest BCUT2D eigenvalue weighted by atomic mass is 10.3. The van der Waals surface area contributed by atoms with Gasteiger partial charge in [0.1, 0.15) is 5.75 Å². The van der Waals surface area contributed by atoms with Gasteiger partial charge < -0.3 is 14.5 Å². The Morgan fingerprint density at radius 2 is 1.86 bits per heavy atom. The highest BCUT2D eigenvalue weighted by molar-refractivity contribution is 6.02. The first-order valence-corrected chi connectivity index (χ1v) is 5.86. The zero-order chi connectivity index (χ0) is 15.6. The molecule has 0 aliphatic carbocycles. The quantitative estimate of drug-likeness (QED) is 0.943. The first-order valence-electron chi connectivity index (χ1n) is 5.86. The van der Waals surface area contributed by atoms with Crippen molar-refractivity contribution in [3.05, 3.63) is 41.6 Å². The Kier molecular flexibility index (Phi) is 3.88. The highest BCUT2D eigenvalue weighted by Crippen LogP contribution is 2.24. The smallest absolute Gasteiger partial charge is 0.436 e. The number of ether oxygens (including phenoxy) is 1. The van der Waals surface area contributed by atoms with Gasteiger partial charge in [0.05, 0.1) is 5.69 Å². The Morgan fingerprint density at radius 3 is 2.33 bits per heavy atom. The van der Waals surface area contributed by atoms with Gasteiger partial charge in [0, 0.05) is 12.6 Å². The van der Waals surface area contributed by atoms with Crippen LogP contribution in [0.5, 0.6) is 5.75 Å². The molecule has 5 nitrogen and oxygen atoms in total. The Morgan fingerprint density at radius 1 is 1.24 bits per heavy atom. The molecule has 112 valence electrons. The highest BCUT2D eigenvalue weighted by Gasteiger charge is 2.31. The van der Waals surface area contributed by atoms with Crippen molar-refractivity contribution in [2.75, 3.05) is 5.32 Å². The van der Waals surface area contributed by atoms with Gasteiger partial charge in [0.25, 0.3) is 5.91 Å². The summed E-state index contributed by atoms with van der Waals surface area (Å²) >= 11 is 0. The summed E-state index contributed by atoms with van der Waals surface area (Å²) in [5.41, 5.74) is 0.741. The number of aromatic nitrogens is 1. The molecule has 0 atom stereocenters. The minimum Gasteiger partial charge on any atom is -0.436 e. The molecule has 1 aromatic heterocycles. The Hall–Kier alpha value is -2.51. The van der Waals surface area contributed by atoms with Gasteiger partial charge >= 0.3 is 6.36 Å². The molecule has 1 heterocycles. The predicted octanol–water partition coefficient (Wildman–Crippen LogP) is 3.44. The molecule has 0 saturated carbocycles. The second-order valence-electron chi connectivity index (χ2n) is 4.17. The van der Waals surface area contributed by atoms with Gasteiger partial charge in [0.15, 0.2) is 5.89 Å². The molecule has 1 aromatic carbocycles. The number of aryl methyl sites for hydroxylation is 2. The van der Waals surface area contributed by atoms with Crippen LogP contribution in [0.25, 0.3) is 0 Å². The van der Waals surface area contributed by atoms with Gasteiger partial charge in [-0.05, 0) is 31.2 Å². The van der Waals surface area contributed by atoms with E-state index in [1.807, 2.05) is 0 Å². The Bertz CT molecular complexity index is 648. The number of hydrogen-bond acceptors (Lipinski definition) is 4. The van der Waals surface area contributed by atoms with Crippen molar-refractivity contribution in [2.45, 2.75) is 20.2 Å². The standard InChI is InChI=1S/C13H11F3N2O3/c1-7-11(20-8(2)17-7)12(19)18-9-3-5-10(6-4-9)21-13(14,15)16/h3-6H,1-2H3,(H,18,19). The summed E-state index contributed by atoms with van der Waals surface area (Å²) < 4.78 is 44.9. The van der Waals surface area contributed by atoms with Gasteiger partial charge in [-0.1, -0.05) is 0 Å². The van der Waals surface area contributed by atoms with Crippen molar-refractivity contribution in [2.24, 2.45) is 0 Å². The van der Waals surface area contributed by atoms with Gasteiger partial charge in [-0.15, -0.1) is 13.2 Å². The molecule has 0 saturated heterocycles. The van der Waals surface area contributed by atoms with Crippen molar-refractivity contribution < 1.29 is 27.1 Å². The minimum atomic E-state index is -4.75.